The number of pyridine rings is 1. The van der Waals surface area contributed by atoms with Crippen molar-refractivity contribution < 1.29 is 9.53 Å². The van der Waals surface area contributed by atoms with Crippen LogP contribution in [0.5, 0.6) is 5.75 Å². The lowest BCUT2D eigenvalue weighted by atomic mass is 10.2. The zero-order valence-corrected chi connectivity index (χ0v) is 12.8. The molecule has 0 unspecified atom stereocenters. The van der Waals surface area contributed by atoms with Crippen molar-refractivity contribution in [3.05, 3.63) is 65.4 Å². The molecule has 0 atom stereocenters. The number of nitrogens with zero attached hydrogens (tertiary/aromatic N) is 1. The molecule has 0 saturated carbocycles. The van der Waals surface area contributed by atoms with Crippen LogP contribution in [0.4, 0.5) is 0 Å². The molecule has 0 saturated heterocycles. The van der Waals surface area contributed by atoms with Gasteiger partial charge in [0.15, 0.2) is 6.61 Å². The van der Waals surface area contributed by atoms with Crippen molar-refractivity contribution in [2.24, 2.45) is 0 Å². The van der Waals surface area contributed by atoms with E-state index < -0.39 is 0 Å². The van der Waals surface area contributed by atoms with Gasteiger partial charge in [0.2, 0.25) is 0 Å². The van der Waals surface area contributed by atoms with Gasteiger partial charge in [0.1, 0.15) is 5.75 Å². The van der Waals surface area contributed by atoms with Gasteiger partial charge < -0.3 is 4.74 Å². The average Bonchev–Trinajstić information content (AvgIpc) is 2.51. The number of ether oxygens (including phenoxy) is 1. The normalized spacial score (nSPS) is 9.76. The molecule has 6 heteroatoms. The molecular weight excluding hydrogens is 334 g/mol. The van der Waals surface area contributed by atoms with E-state index >= 15 is 0 Å². The molecule has 0 radical (unpaired) electrons. The summed E-state index contributed by atoms with van der Waals surface area (Å²) in [6, 6.07) is 10.9. The first-order valence-electron chi connectivity index (χ1n) is 6.17. The van der Waals surface area contributed by atoms with Crippen LogP contribution in [0.3, 0.4) is 0 Å². The first-order chi connectivity index (χ1) is 10.1. The van der Waals surface area contributed by atoms with Crippen molar-refractivity contribution in [2.45, 2.75) is 0 Å². The zero-order valence-electron chi connectivity index (χ0n) is 11.2. The third kappa shape index (κ3) is 4.92. The van der Waals surface area contributed by atoms with E-state index in [2.05, 4.69) is 38.3 Å². The fraction of sp³-hybridized carbons (Fsp3) is 0.0667. The maximum absolute atomic E-state index is 11.7. The summed E-state index contributed by atoms with van der Waals surface area (Å²) < 4.78 is 6.26. The van der Waals surface area contributed by atoms with Crippen LogP contribution in [0.15, 0.2) is 59.8 Å². The number of rotatable bonds is 6. The van der Waals surface area contributed by atoms with Crippen LogP contribution in [0.1, 0.15) is 5.56 Å². The lowest BCUT2D eigenvalue weighted by Crippen LogP contribution is -2.38. The second-order valence-corrected chi connectivity index (χ2v) is 5.05. The van der Waals surface area contributed by atoms with E-state index in [9.17, 15) is 4.79 Å². The van der Waals surface area contributed by atoms with Gasteiger partial charge in [0.05, 0.1) is 5.70 Å². The third-order valence-electron chi connectivity index (χ3n) is 2.55. The molecule has 2 rings (SSSR count). The first-order valence-corrected chi connectivity index (χ1v) is 6.97. The number of amides is 1. The summed E-state index contributed by atoms with van der Waals surface area (Å²) in [5.41, 5.74) is 6.68. The van der Waals surface area contributed by atoms with Crippen molar-refractivity contribution in [1.82, 2.24) is 15.8 Å². The predicted molar refractivity (Wildman–Crippen MR) is 84.2 cm³/mol. The molecule has 2 N–H and O–H groups in total. The molecule has 0 aliphatic heterocycles. The van der Waals surface area contributed by atoms with E-state index in [4.69, 9.17) is 4.74 Å². The van der Waals surface area contributed by atoms with Crippen LogP contribution < -0.4 is 15.6 Å². The van der Waals surface area contributed by atoms with Crippen molar-refractivity contribution in [2.75, 3.05) is 6.61 Å². The van der Waals surface area contributed by atoms with Gasteiger partial charge in [-0.25, -0.2) is 0 Å². The predicted octanol–water partition coefficient (Wildman–Crippen LogP) is 2.51. The molecule has 0 aliphatic rings. The Morgan fingerprint density at radius 1 is 1.24 bits per heavy atom. The number of hydrazine groups is 1. The SMILES string of the molecule is C=C(NNC(=O)COc1cccc(Br)c1)c1ccncc1. The summed E-state index contributed by atoms with van der Waals surface area (Å²) in [6.07, 6.45) is 3.31. The highest BCUT2D eigenvalue weighted by atomic mass is 79.9. The average molecular weight is 348 g/mol. The van der Waals surface area contributed by atoms with Crippen molar-refractivity contribution >= 4 is 27.5 Å². The second kappa shape index (κ2) is 7.44. The highest BCUT2D eigenvalue weighted by Crippen LogP contribution is 2.17. The number of benzene rings is 1. The van der Waals surface area contributed by atoms with Gasteiger partial charge in [0, 0.05) is 22.4 Å². The Morgan fingerprint density at radius 2 is 2.00 bits per heavy atom. The van der Waals surface area contributed by atoms with Gasteiger partial charge in [-0.1, -0.05) is 28.6 Å². The topological polar surface area (TPSA) is 63.2 Å². The van der Waals surface area contributed by atoms with Gasteiger partial charge in [0.25, 0.3) is 5.91 Å². The summed E-state index contributed by atoms with van der Waals surface area (Å²) in [5, 5.41) is 0. The summed E-state index contributed by atoms with van der Waals surface area (Å²) in [6.45, 7) is 3.74. The summed E-state index contributed by atoms with van der Waals surface area (Å²) in [4.78, 5) is 15.6. The molecule has 2 aromatic rings. The highest BCUT2D eigenvalue weighted by Gasteiger charge is 2.04. The number of carbonyl (C=O) groups is 1. The first kappa shape index (κ1) is 15.1. The minimum Gasteiger partial charge on any atom is -0.484 e. The van der Waals surface area contributed by atoms with E-state index in [1.54, 1.807) is 36.7 Å². The minimum atomic E-state index is -0.301. The number of aromatic nitrogens is 1. The van der Waals surface area contributed by atoms with E-state index in [1.165, 1.54) is 0 Å². The van der Waals surface area contributed by atoms with Crippen LogP contribution >= 0.6 is 15.9 Å². The molecule has 1 aromatic carbocycles. The van der Waals surface area contributed by atoms with Crippen LogP contribution in [0.2, 0.25) is 0 Å². The molecule has 0 fully saturated rings. The van der Waals surface area contributed by atoms with E-state index in [1.807, 2.05) is 12.1 Å². The van der Waals surface area contributed by atoms with Crippen LogP contribution in [0, 0.1) is 0 Å². The Labute approximate surface area is 131 Å². The molecule has 0 aliphatic carbocycles. The third-order valence-corrected chi connectivity index (χ3v) is 3.04. The maximum atomic E-state index is 11.7. The molecule has 5 nitrogen and oxygen atoms in total. The standard InChI is InChI=1S/C15H14BrN3O2/c1-11(12-5-7-17-8-6-12)18-19-15(20)10-21-14-4-2-3-13(16)9-14/h2-9,18H,1,10H2,(H,19,20). The summed E-state index contributed by atoms with van der Waals surface area (Å²) >= 11 is 3.34. The fourth-order valence-electron chi connectivity index (χ4n) is 1.51. The molecule has 0 bridgehead atoms. The van der Waals surface area contributed by atoms with Crippen molar-refractivity contribution in [3.63, 3.8) is 0 Å². The largest absolute Gasteiger partial charge is 0.484 e. The summed E-state index contributed by atoms with van der Waals surface area (Å²) in [5.74, 6) is 0.317. The Bertz CT molecular complexity index is 632. The lowest BCUT2D eigenvalue weighted by Gasteiger charge is -2.11. The van der Waals surface area contributed by atoms with Crippen molar-refractivity contribution in [1.29, 1.82) is 0 Å². The second-order valence-electron chi connectivity index (χ2n) is 4.13. The van der Waals surface area contributed by atoms with Crippen LogP contribution in [0.25, 0.3) is 5.70 Å². The Kier molecular flexibility index (Phi) is 5.34. The smallest absolute Gasteiger partial charge is 0.276 e. The Morgan fingerprint density at radius 3 is 2.71 bits per heavy atom. The molecular formula is C15H14BrN3O2. The highest BCUT2D eigenvalue weighted by molar-refractivity contribution is 9.10. The van der Waals surface area contributed by atoms with Crippen LogP contribution in [-0.4, -0.2) is 17.5 Å². The molecule has 1 aromatic heterocycles. The fourth-order valence-corrected chi connectivity index (χ4v) is 1.89. The lowest BCUT2D eigenvalue weighted by molar-refractivity contribution is -0.123. The number of carbonyl (C=O) groups excluding carboxylic acids is 1. The Hall–Kier alpha value is -2.34. The monoisotopic (exact) mass is 347 g/mol. The van der Waals surface area contributed by atoms with E-state index in [0.29, 0.717) is 11.4 Å². The van der Waals surface area contributed by atoms with Gasteiger partial charge in [-0.05, 0) is 30.3 Å². The van der Waals surface area contributed by atoms with E-state index in [0.717, 1.165) is 10.0 Å². The van der Waals surface area contributed by atoms with Crippen molar-refractivity contribution in [3.8, 4) is 5.75 Å². The molecule has 1 heterocycles. The molecule has 21 heavy (non-hydrogen) atoms. The molecule has 108 valence electrons. The van der Waals surface area contributed by atoms with Crippen LogP contribution in [-0.2, 0) is 4.79 Å². The van der Waals surface area contributed by atoms with Gasteiger partial charge in [-0.2, -0.15) is 0 Å². The number of halogens is 1. The number of hydrogen-bond donors (Lipinski definition) is 2. The molecule has 0 spiro atoms. The van der Waals surface area contributed by atoms with Gasteiger partial charge in [-0.3, -0.25) is 20.6 Å². The quantitative estimate of drug-likeness (QED) is 0.788. The molecule has 1 amide bonds. The van der Waals surface area contributed by atoms with Gasteiger partial charge >= 0.3 is 0 Å². The maximum Gasteiger partial charge on any atom is 0.276 e. The summed E-state index contributed by atoms with van der Waals surface area (Å²) in [7, 11) is 0. The minimum absolute atomic E-state index is 0.0902. The number of nitrogens with one attached hydrogen (secondary N) is 2. The van der Waals surface area contributed by atoms with E-state index in [-0.39, 0.29) is 12.5 Å². The Balaban J connectivity index is 1.76. The zero-order chi connectivity index (χ0) is 15.1. The van der Waals surface area contributed by atoms with Gasteiger partial charge in [-0.15, -0.1) is 0 Å². The number of hydrogen-bond acceptors (Lipinski definition) is 4.